The van der Waals surface area contributed by atoms with Gasteiger partial charge in [0.25, 0.3) is 5.91 Å². The first kappa shape index (κ1) is 16.6. The molecule has 0 saturated carbocycles. The molecule has 1 N–H and O–H groups in total. The number of hydrogen-bond acceptors (Lipinski definition) is 4. The van der Waals surface area contributed by atoms with E-state index in [0.717, 1.165) is 18.2 Å². The Labute approximate surface area is 152 Å². The van der Waals surface area contributed by atoms with Gasteiger partial charge in [-0.1, -0.05) is 11.6 Å². The van der Waals surface area contributed by atoms with Crippen LogP contribution in [0.25, 0.3) is 10.9 Å². The van der Waals surface area contributed by atoms with Crippen LogP contribution in [0, 0.1) is 0 Å². The van der Waals surface area contributed by atoms with E-state index in [-0.39, 0.29) is 12.5 Å². The third-order valence-corrected chi connectivity index (χ3v) is 5.75. The van der Waals surface area contributed by atoms with Crippen molar-refractivity contribution >= 4 is 28.4 Å². The number of carbonyl (C=O) groups is 1. The molecule has 2 unspecified atom stereocenters. The molecule has 2 aromatic rings. The smallest absolute Gasteiger partial charge is 0.260 e. The number of carbonyl (C=O) groups excluding carboxylic acids is 1. The van der Waals surface area contributed by atoms with Crippen LogP contribution in [0.2, 0.25) is 5.02 Å². The molecule has 1 amide bonds. The average molecular weight is 360 g/mol. The van der Waals surface area contributed by atoms with Crippen molar-refractivity contribution in [2.45, 2.75) is 43.8 Å². The molecule has 1 aromatic carbocycles. The van der Waals surface area contributed by atoms with Gasteiger partial charge >= 0.3 is 0 Å². The molecule has 1 aromatic heterocycles. The number of rotatable bonds is 4. The summed E-state index contributed by atoms with van der Waals surface area (Å²) in [5.41, 5.74) is 0.686. The molecule has 0 spiro atoms. The van der Waals surface area contributed by atoms with Crippen LogP contribution in [0.5, 0.6) is 5.75 Å². The fourth-order valence-electron chi connectivity index (χ4n) is 4.02. The maximum Gasteiger partial charge on any atom is 0.260 e. The molecule has 0 radical (unpaired) electrons. The summed E-state index contributed by atoms with van der Waals surface area (Å²) in [7, 11) is 1.89. The third-order valence-electron chi connectivity index (χ3n) is 5.42. The second-order valence-electron chi connectivity index (χ2n) is 7.00. The molecular weight excluding hydrogens is 338 g/mol. The fourth-order valence-corrected chi connectivity index (χ4v) is 4.23. The number of ether oxygens (including phenoxy) is 1. The van der Waals surface area contributed by atoms with Gasteiger partial charge in [0.05, 0.1) is 5.02 Å². The minimum atomic E-state index is 0.00494. The average Bonchev–Trinajstić information content (AvgIpc) is 2.98. The summed E-state index contributed by atoms with van der Waals surface area (Å²) in [4.78, 5) is 18.8. The number of piperidine rings is 1. The molecule has 25 heavy (non-hydrogen) atoms. The van der Waals surface area contributed by atoms with E-state index in [1.165, 1.54) is 12.8 Å². The Morgan fingerprint density at radius 1 is 1.32 bits per heavy atom. The summed E-state index contributed by atoms with van der Waals surface area (Å²) >= 11 is 6.20. The molecule has 3 heterocycles. The normalized spacial score (nSPS) is 25.1. The number of pyridine rings is 1. The first-order valence-corrected chi connectivity index (χ1v) is 9.17. The van der Waals surface area contributed by atoms with Gasteiger partial charge in [0, 0.05) is 36.8 Å². The van der Waals surface area contributed by atoms with E-state index in [0.29, 0.717) is 34.4 Å². The van der Waals surface area contributed by atoms with E-state index in [9.17, 15) is 4.79 Å². The number of fused-ring (bicyclic) bond motifs is 3. The zero-order chi connectivity index (χ0) is 17.4. The Morgan fingerprint density at radius 3 is 2.84 bits per heavy atom. The van der Waals surface area contributed by atoms with E-state index in [1.807, 2.05) is 24.1 Å². The lowest BCUT2D eigenvalue weighted by atomic mass is 9.98. The highest BCUT2D eigenvalue weighted by Crippen LogP contribution is 2.31. The lowest BCUT2D eigenvalue weighted by Gasteiger charge is -2.35. The molecule has 5 nitrogen and oxygen atoms in total. The zero-order valence-electron chi connectivity index (χ0n) is 14.2. The summed E-state index contributed by atoms with van der Waals surface area (Å²) in [5.74, 6) is 0.595. The number of hydrogen-bond donors (Lipinski definition) is 1. The minimum absolute atomic E-state index is 0.00494. The summed E-state index contributed by atoms with van der Waals surface area (Å²) in [6.45, 7) is 0.0169. The van der Waals surface area contributed by atoms with Crippen LogP contribution >= 0.6 is 11.6 Å². The van der Waals surface area contributed by atoms with Crippen molar-refractivity contribution < 1.29 is 9.53 Å². The Bertz CT molecular complexity index is 785. The Balaban J connectivity index is 1.43. The molecule has 132 valence electrons. The molecule has 2 fully saturated rings. The van der Waals surface area contributed by atoms with Gasteiger partial charge in [0.1, 0.15) is 11.3 Å². The Hall–Kier alpha value is -1.85. The number of likely N-dealkylation sites (N-methyl/N-ethyl adjacent to an activating group) is 1. The van der Waals surface area contributed by atoms with Crippen LogP contribution in [-0.4, -0.2) is 47.6 Å². The number of halogens is 1. The SMILES string of the molecule is CN(C(=O)COc1ccc(Cl)c2cccnc12)C1CC2CCC(C1)N2. The quantitative estimate of drug-likeness (QED) is 0.911. The van der Waals surface area contributed by atoms with E-state index >= 15 is 0 Å². The zero-order valence-corrected chi connectivity index (χ0v) is 15.0. The molecule has 6 heteroatoms. The van der Waals surface area contributed by atoms with Crippen molar-refractivity contribution in [2.75, 3.05) is 13.7 Å². The van der Waals surface area contributed by atoms with Crippen molar-refractivity contribution in [2.24, 2.45) is 0 Å². The van der Waals surface area contributed by atoms with E-state index < -0.39 is 0 Å². The Morgan fingerprint density at radius 2 is 2.08 bits per heavy atom. The predicted molar refractivity (Wildman–Crippen MR) is 98.0 cm³/mol. The van der Waals surface area contributed by atoms with Crippen molar-refractivity contribution in [1.29, 1.82) is 0 Å². The lowest BCUT2D eigenvalue weighted by Crippen LogP contribution is -2.49. The highest BCUT2D eigenvalue weighted by atomic mass is 35.5. The number of nitrogens with one attached hydrogen (secondary N) is 1. The summed E-state index contributed by atoms with van der Waals surface area (Å²) in [6.07, 6.45) is 6.21. The van der Waals surface area contributed by atoms with E-state index in [2.05, 4.69) is 10.3 Å². The number of nitrogens with zero attached hydrogens (tertiary/aromatic N) is 2. The minimum Gasteiger partial charge on any atom is -0.481 e. The molecule has 2 aliphatic heterocycles. The van der Waals surface area contributed by atoms with Crippen LogP contribution in [-0.2, 0) is 4.79 Å². The molecule has 2 aliphatic rings. The second-order valence-corrected chi connectivity index (χ2v) is 7.41. The summed E-state index contributed by atoms with van der Waals surface area (Å²) in [6, 6.07) is 8.71. The summed E-state index contributed by atoms with van der Waals surface area (Å²) < 4.78 is 5.79. The van der Waals surface area contributed by atoms with Gasteiger partial charge in [0.15, 0.2) is 6.61 Å². The number of aromatic nitrogens is 1. The van der Waals surface area contributed by atoms with Gasteiger partial charge < -0.3 is 15.0 Å². The van der Waals surface area contributed by atoms with Gasteiger partial charge in [-0.15, -0.1) is 0 Å². The molecule has 2 bridgehead atoms. The van der Waals surface area contributed by atoms with Crippen molar-refractivity contribution in [1.82, 2.24) is 15.2 Å². The van der Waals surface area contributed by atoms with Crippen molar-refractivity contribution in [3.8, 4) is 5.75 Å². The molecule has 2 atom stereocenters. The van der Waals surface area contributed by atoms with Crippen LogP contribution < -0.4 is 10.1 Å². The fraction of sp³-hybridized carbons (Fsp3) is 0.474. The van der Waals surface area contributed by atoms with Crippen LogP contribution in [0.4, 0.5) is 0 Å². The van der Waals surface area contributed by atoms with Gasteiger partial charge in [-0.2, -0.15) is 0 Å². The predicted octanol–water partition coefficient (Wildman–Crippen LogP) is 3.01. The first-order valence-electron chi connectivity index (χ1n) is 8.79. The van der Waals surface area contributed by atoms with Gasteiger partial charge in [-0.25, -0.2) is 0 Å². The lowest BCUT2D eigenvalue weighted by molar-refractivity contribution is -0.134. The highest BCUT2D eigenvalue weighted by Gasteiger charge is 2.36. The third kappa shape index (κ3) is 3.31. The first-order chi connectivity index (χ1) is 12.1. The maximum atomic E-state index is 12.6. The standard InChI is InChI=1S/C19H22ClN3O2/c1-23(14-9-12-4-5-13(10-14)22-12)18(24)11-25-17-7-6-16(20)15-3-2-8-21-19(15)17/h2-3,6-8,12-14,22H,4-5,9-11H2,1H3. The number of benzene rings is 1. The van der Waals surface area contributed by atoms with Gasteiger partial charge in [-0.05, 0) is 49.9 Å². The van der Waals surface area contributed by atoms with E-state index in [4.69, 9.17) is 16.3 Å². The topological polar surface area (TPSA) is 54.5 Å². The molecular formula is C19H22ClN3O2. The van der Waals surface area contributed by atoms with Crippen LogP contribution in [0.15, 0.2) is 30.5 Å². The van der Waals surface area contributed by atoms with E-state index in [1.54, 1.807) is 18.3 Å². The molecule has 2 saturated heterocycles. The Kier molecular flexibility index (Phi) is 4.52. The maximum absolute atomic E-state index is 12.6. The largest absolute Gasteiger partial charge is 0.481 e. The van der Waals surface area contributed by atoms with Crippen LogP contribution in [0.1, 0.15) is 25.7 Å². The molecule has 4 rings (SSSR count). The van der Waals surface area contributed by atoms with Gasteiger partial charge in [-0.3, -0.25) is 9.78 Å². The molecule has 0 aliphatic carbocycles. The highest BCUT2D eigenvalue weighted by molar-refractivity contribution is 6.35. The second kappa shape index (κ2) is 6.81. The number of amides is 1. The monoisotopic (exact) mass is 359 g/mol. The van der Waals surface area contributed by atoms with Crippen molar-refractivity contribution in [3.63, 3.8) is 0 Å². The van der Waals surface area contributed by atoms with Crippen LogP contribution in [0.3, 0.4) is 0 Å². The van der Waals surface area contributed by atoms with Gasteiger partial charge in [0.2, 0.25) is 0 Å². The van der Waals surface area contributed by atoms with Crippen molar-refractivity contribution in [3.05, 3.63) is 35.5 Å². The summed E-state index contributed by atoms with van der Waals surface area (Å²) in [5, 5.41) is 5.07.